The van der Waals surface area contributed by atoms with Crippen molar-refractivity contribution in [3.8, 4) is 0 Å². The van der Waals surface area contributed by atoms with Crippen LogP contribution < -0.4 is 5.32 Å². The second-order valence-corrected chi connectivity index (χ2v) is 6.05. The summed E-state index contributed by atoms with van der Waals surface area (Å²) in [6.45, 7) is 2.03. The van der Waals surface area contributed by atoms with Gasteiger partial charge in [0, 0.05) is 23.7 Å². The molecule has 2 heteroatoms. The highest BCUT2D eigenvalue weighted by Crippen LogP contribution is 2.32. The third-order valence-corrected chi connectivity index (χ3v) is 4.87. The molecule has 0 fully saturated rings. The summed E-state index contributed by atoms with van der Waals surface area (Å²) in [5.41, 5.74) is 4.34. The molecule has 19 heavy (non-hydrogen) atoms. The Hall–Kier alpha value is -1.64. The zero-order chi connectivity index (χ0) is 12.7. The average molecular weight is 265 g/mol. The van der Waals surface area contributed by atoms with Crippen LogP contribution in [0.25, 0.3) is 10.1 Å². The molecule has 2 aromatic carbocycles. The van der Waals surface area contributed by atoms with E-state index in [0.29, 0.717) is 5.92 Å². The standard InChI is InChI=1S/C17H15NS/c1-2-4-15-14(3-1)10-18-11-16(15)12-5-6-17-13(9-12)7-8-19-17/h1-9,16,18H,10-11H2. The van der Waals surface area contributed by atoms with Crippen molar-refractivity contribution in [2.24, 2.45) is 0 Å². The Morgan fingerprint density at radius 3 is 3.00 bits per heavy atom. The normalized spacial score (nSPS) is 18.4. The van der Waals surface area contributed by atoms with Crippen molar-refractivity contribution in [1.82, 2.24) is 5.32 Å². The van der Waals surface area contributed by atoms with Gasteiger partial charge in [-0.1, -0.05) is 30.3 Å². The van der Waals surface area contributed by atoms with Gasteiger partial charge in [0.05, 0.1) is 0 Å². The van der Waals surface area contributed by atoms with Crippen LogP contribution in [-0.2, 0) is 6.54 Å². The molecule has 0 amide bonds. The number of hydrogen-bond acceptors (Lipinski definition) is 2. The third-order valence-electron chi connectivity index (χ3n) is 3.97. The highest BCUT2D eigenvalue weighted by molar-refractivity contribution is 7.17. The molecule has 3 aromatic rings. The Morgan fingerprint density at radius 2 is 2.00 bits per heavy atom. The summed E-state index contributed by atoms with van der Waals surface area (Å²) in [5, 5.41) is 7.07. The largest absolute Gasteiger partial charge is 0.312 e. The summed E-state index contributed by atoms with van der Waals surface area (Å²) >= 11 is 1.81. The van der Waals surface area contributed by atoms with Gasteiger partial charge >= 0.3 is 0 Å². The smallest absolute Gasteiger partial charge is 0.0342 e. The predicted octanol–water partition coefficient (Wildman–Crippen LogP) is 4.14. The molecule has 94 valence electrons. The Morgan fingerprint density at radius 1 is 1.05 bits per heavy atom. The molecule has 0 saturated heterocycles. The number of hydrogen-bond donors (Lipinski definition) is 1. The molecule has 0 bridgehead atoms. The lowest BCUT2D eigenvalue weighted by Crippen LogP contribution is -2.28. The molecule has 0 radical (unpaired) electrons. The van der Waals surface area contributed by atoms with Gasteiger partial charge in [0.2, 0.25) is 0 Å². The average Bonchev–Trinajstić information content (AvgIpc) is 2.94. The zero-order valence-electron chi connectivity index (χ0n) is 10.6. The first-order valence-electron chi connectivity index (χ1n) is 6.67. The Bertz CT molecular complexity index is 729. The van der Waals surface area contributed by atoms with E-state index >= 15 is 0 Å². The van der Waals surface area contributed by atoms with Gasteiger partial charge in [-0.25, -0.2) is 0 Å². The fraction of sp³-hybridized carbons (Fsp3) is 0.176. The van der Waals surface area contributed by atoms with Crippen LogP contribution in [0.15, 0.2) is 53.9 Å². The van der Waals surface area contributed by atoms with E-state index < -0.39 is 0 Å². The molecule has 0 spiro atoms. The van der Waals surface area contributed by atoms with Crippen LogP contribution in [0.4, 0.5) is 0 Å². The minimum absolute atomic E-state index is 0.481. The van der Waals surface area contributed by atoms with Gasteiger partial charge in [0.1, 0.15) is 0 Å². The molecule has 0 aliphatic carbocycles. The number of nitrogens with one attached hydrogen (secondary N) is 1. The number of fused-ring (bicyclic) bond motifs is 2. The summed E-state index contributed by atoms with van der Waals surface area (Å²) in [5.74, 6) is 0.481. The maximum Gasteiger partial charge on any atom is 0.0342 e. The van der Waals surface area contributed by atoms with Crippen LogP contribution in [0.5, 0.6) is 0 Å². The van der Waals surface area contributed by atoms with Crippen LogP contribution in [0.1, 0.15) is 22.6 Å². The fourth-order valence-corrected chi connectivity index (χ4v) is 3.77. The predicted molar refractivity (Wildman–Crippen MR) is 81.8 cm³/mol. The van der Waals surface area contributed by atoms with Gasteiger partial charge in [0.15, 0.2) is 0 Å². The Labute approximate surface area is 116 Å². The van der Waals surface area contributed by atoms with E-state index in [1.54, 1.807) is 0 Å². The highest BCUT2D eigenvalue weighted by atomic mass is 32.1. The molecule has 0 saturated carbocycles. The summed E-state index contributed by atoms with van der Waals surface area (Å²) in [7, 11) is 0. The molecule has 1 aliphatic rings. The molecule has 2 heterocycles. The number of benzene rings is 2. The van der Waals surface area contributed by atoms with Crippen molar-refractivity contribution in [2.75, 3.05) is 6.54 Å². The van der Waals surface area contributed by atoms with Gasteiger partial charge in [-0.2, -0.15) is 0 Å². The monoisotopic (exact) mass is 265 g/mol. The van der Waals surface area contributed by atoms with Crippen molar-refractivity contribution in [3.63, 3.8) is 0 Å². The molecule has 1 unspecified atom stereocenters. The Kier molecular flexibility index (Phi) is 2.64. The van der Waals surface area contributed by atoms with E-state index in [0.717, 1.165) is 13.1 Å². The minimum atomic E-state index is 0.481. The highest BCUT2D eigenvalue weighted by Gasteiger charge is 2.21. The topological polar surface area (TPSA) is 12.0 Å². The van der Waals surface area contributed by atoms with Crippen molar-refractivity contribution in [1.29, 1.82) is 0 Å². The van der Waals surface area contributed by atoms with Crippen LogP contribution >= 0.6 is 11.3 Å². The van der Waals surface area contributed by atoms with Crippen molar-refractivity contribution < 1.29 is 0 Å². The number of rotatable bonds is 1. The Balaban J connectivity index is 1.84. The maximum absolute atomic E-state index is 3.53. The first kappa shape index (κ1) is 11.2. The molecule has 1 aliphatic heterocycles. The van der Waals surface area contributed by atoms with Crippen LogP contribution in [0.3, 0.4) is 0 Å². The van der Waals surface area contributed by atoms with E-state index in [9.17, 15) is 0 Å². The van der Waals surface area contributed by atoms with E-state index in [-0.39, 0.29) is 0 Å². The van der Waals surface area contributed by atoms with Gasteiger partial charge in [-0.3, -0.25) is 0 Å². The molecule has 1 N–H and O–H groups in total. The van der Waals surface area contributed by atoms with E-state index in [2.05, 4.69) is 59.2 Å². The van der Waals surface area contributed by atoms with E-state index in [1.165, 1.54) is 26.8 Å². The lowest BCUT2D eigenvalue weighted by atomic mass is 9.85. The van der Waals surface area contributed by atoms with Gasteiger partial charge in [-0.15, -0.1) is 11.3 Å². The summed E-state index contributed by atoms with van der Waals surface area (Å²) in [6.07, 6.45) is 0. The van der Waals surface area contributed by atoms with E-state index in [1.807, 2.05) is 11.3 Å². The second-order valence-electron chi connectivity index (χ2n) is 5.10. The quantitative estimate of drug-likeness (QED) is 0.697. The van der Waals surface area contributed by atoms with Crippen molar-refractivity contribution >= 4 is 21.4 Å². The first-order chi connectivity index (χ1) is 9.42. The number of thiophene rings is 1. The molecular weight excluding hydrogens is 250 g/mol. The lowest BCUT2D eigenvalue weighted by molar-refractivity contribution is 0.592. The minimum Gasteiger partial charge on any atom is -0.312 e. The summed E-state index contributed by atoms with van der Waals surface area (Å²) in [4.78, 5) is 0. The first-order valence-corrected chi connectivity index (χ1v) is 7.55. The van der Waals surface area contributed by atoms with Gasteiger partial charge < -0.3 is 5.32 Å². The lowest BCUT2D eigenvalue weighted by Gasteiger charge is -2.26. The van der Waals surface area contributed by atoms with Gasteiger partial charge in [-0.05, 0) is 45.7 Å². The maximum atomic E-state index is 3.53. The van der Waals surface area contributed by atoms with Crippen molar-refractivity contribution in [2.45, 2.75) is 12.5 Å². The molecule has 1 aromatic heterocycles. The zero-order valence-corrected chi connectivity index (χ0v) is 11.4. The fourth-order valence-electron chi connectivity index (χ4n) is 3.00. The molecule has 1 atom stereocenters. The summed E-state index contributed by atoms with van der Waals surface area (Å²) < 4.78 is 1.38. The van der Waals surface area contributed by atoms with Crippen LogP contribution in [0, 0.1) is 0 Å². The molecular formula is C17H15NS. The second kappa shape index (κ2) is 4.48. The SMILES string of the molecule is c1ccc2c(c1)CNCC2c1ccc2sccc2c1. The van der Waals surface area contributed by atoms with Crippen LogP contribution in [0.2, 0.25) is 0 Å². The van der Waals surface area contributed by atoms with Crippen molar-refractivity contribution in [3.05, 3.63) is 70.6 Å². The van der Waals surface area contributed by atoms with Gasteiger partial charge in [0.25, 0.3) is 0 Å². The third kappa shape index (κ3) is 1.88. The van der Waals surface area contributed by atoms with E-state index in [4.69, 9.17) is 0 Å². The molecule has 4 rings (SSSR count). The summed E-state index contributed by atoms with van der Waals surface area (Å²) in [6, 6.07) is 17.9. The van der Waals surface area contributed by atoms with Crippen LogP contribution in [-0.4, -0.2) is 6.54 Å². The molecule has 1 nitrogen and oxygen atoms in total.